The van der Waals surface area contributed by atoms with Crippen molar-refractivity contribution < 1.29 is 4.74 Å². The average Bonchev–Trinajstić information content (AvgIpc) is 2.49. The Morgan fingerprint density at radius 1 is 1.38 bits per heavy atom. The summed E-state index contributed by atoms with van der Waals surface area (Å²) >= 11 is 9.47. The number of anilines is 1. The van der Waals surface area contributed by atoms with E-state index in [9.17, 15) is 4.79 Å². The first kappa shape index (κ1) is 16.0. The number of hydrogen-bond acceptors (Lipinski definition) is 4. The number of rotatable bonds is 6. The molecule has 0 spiro atoms. The van der Waals surface area contributed by atoms with Gasteiger partial charge in [0.15, 0.2) is 0 Å². The van der Waals surface area contributed by atoms with Gasteiger partial charge in [0.05, 0.1) is 25.0 Å². The summed E-state index contributed by atoms with van der Waals surface area (Å²) in [5.74, 6) is 0. The lowest BCUT2D eigenvalue weighted by molar-refractivity contribution is 0.182. The van der Waals surface area contributed by atoms with Crippen LogP contribution in [0.5, 0.6) is 0 Å². The van der Waals surface area contributed by atoms with Crippen LogP contribution in [0.1, 0.15) is 5.56 Å². The summed E-state index contributed by atoms with van der Waals surface area (Å²) in [6.07, 6.45) is 1.55. The molecular weight excluding hydrogens is 358 g/mol. The normalized spacial score (nSPS) is 10.6. The second kappa shape index (κ2) is 7.59. The van der Waals surface area contributed by atoms with E-state index in [4.69, 9.17) is 16.3 Å². The number of methoxy groups -OCH3 is 1. The molecule has 0 unspecified atom stereocenters. The molecule has 2 rings (SSSR count). The van der Waals surface area contributed by atoms with E-state index in [0.29, 0.717) is 25.4 Å². The van der Waals surface area contributed by atoms with Gasteiger partial charge in [-0.05, 0) is 17.7 Å². The third kappa shape index (κ3) is 4.30. The first-order valence-electron chi connectivity index (χ1n) is 6.34. The van der Waals surface area contributed by atoms with Crippen molar-refractivity contribution in [3.8, 4) is 0 Å². The maximum atomic E-state index is 12.0. The van der Waals surface area contributed by atoms with Crippen LogP contribution in [-0.4, -0.2) is 23.5 Å². The van der Waals surface area contributed by atoms with E-state index in [1.807, 2.05) is 24.3 Å². The predicted octanol–water partition coefficient (Wildman–Crippen LogP) is 2.92. The van der Waals surface area contributed by atoms with Crippen LogP contribution in [0.15, 0.2) is 39.7 Å². The molecule has 0 radical (unpaired) electrons. The minimum atomic E-state index is -0.325. The number of ether oxygens (including phenoxy) is 1. The maximum Gasteiger partial charge on any atom is 0.287 e. The van der Waals surface area contributed by atoms with E-state index in [1.165, 1.54) is 4.68 Å². The molecule has 0 aliphatic heterocycles. The van der Waals surface area contributed by atoms with Gasteiger partial charge in [0.2, 0.25) is 0 Å². The second-order valence-electron chi connectivity index (χ2n) is 4.37. The highest BCUT2D eigenvalue weighted by Crippen LogP contribution is 2.17. The van der Waals surface area contributed by atoms with E-state index < -0.39 is 0 Å². The Labute approximate surface area is 136 Å². The summed E-state index contributed by atoms with van der Waals surface area (Å²) in [7, 11) is 1.57. The molecule has 7 heteroatoms. The van der Waals surface area contributed by atoms with E-state index in [2.05, 4.69) is 26.3 Å². The molecule has 1 aromatic carbocycles. The monoisotopic (exact) mass is 371 g/mol. The Hall–Kier alpha value is -1.37. The molecule has 0 bridgehead atoms. The summed E-state index contributed by atoms with van der Waals surface area (Å²) in [4.78, 5) is 12.0. The van der Waals surface area contributed by atoms with Gasteiger partial charge in [-0.1, -0.05) is 39.7 Å². The molecule has 0 atom stereocenters. The molecule has 0 saturated carbocycles. The van der Waals surface area contributed by atoms with Crippen LogP contribution < -0.4 is 10.9 Å². The lowest BCUT2D eigenvalue weighted by Gasteiger charge is -2.10. The Bertz CT molecular complexity index is 658. The lowest BCUT2D eigenvalue weighted by Crippen LogP contribution is -2.26. The zero-order chi connectivity index (χ0) is 15.2. The van der Waals surface area contributed by atoms with Crippen LogP contribution >= 0.6 is 27.5 Å². The lowest BCUT2D eigenvalue weighted by atomic mass is 10.2. The highest BCUT2D eigenvalue weighted by molar-refractivity contribution is 9.10. The quantitative estimate of drug-likeness (QED) is 0.847. The zero-order valence-corrected chi connectivity index (χ0v) is 13.8. The third-order valence-corrected chi connectivity index (χ3v) is 3.78. The summed E-state index contributed by atoms with van der Waals surface area (Å²) in [5.41, 5.74) is 1.28. The van der Waals surface area contributed by atoms with Gasteiger partial charge in [0.1, 0.15) is 5.02 Å². The summed E-state index contributed by atoms with van der Waals surface area (Å²) < 4.78 is 7.23. The summed E-state index contributed by atoms with van der Waals surface area (Å²) in [6, 6.07) is 7.88. The van der Waals surface area contributed by atoms with Crippen LogP contribution in [0.25, 0.3) is 0 Å². The van der Waals surface area contributed by atoms with Crippen LogP contribution in [-0.2, 0) is 17.8 Å². The van der Waals surface area contributed by atoms with Gasteiger partial charge in [-0.3, -0.25) is 4.79 Å². The van der Waals surface area contributed by atoms with E-state index in [-0.39, 0.29) is 10.6 Å². The van der Waals surface area contributed by atoms with Crippen molar-refractivity contribution in [1.82, 2.24) is 9.78 Å². The molecule has 21 heavy (non-hydrogen) atoms. The molecule has 0 saturated heterocycles. The largest absolute Gasteiger partial charge is 0.383 e. The summed E-state index contributed by atoms with van der Waals surface area (Å²) in [6.45, 7) is 1.35. The highest BCUT2D eigenvalue weighted by Gasteiger charge is 2.08. The van der Waals surface area contributed by atoms with Crippen LogP contribution in [0.3, 0.4) is 0 Å². The van der Waals surface area contributed by atoms with Crippen molar-refractivity contribution in [3.05, 3.63) is 55.9 Å². The first-order chi connectivity index (χ1) is 10.1. The number of benzene rings is 1. The number of nitrogens with one attached hydrogen (secondary N) is 1. The number of nitrogens with zero attached hydrogens (tertiary/aromatic N) is 2. The van der Waals surface area contributed by atoms with Gasteiger partial charge in [-0.2, -0.15) is 5.10 Å². The standard InChI is InChI=1S/C14H15BrClN3O2/c1-21-7-6-19-14(20)13(16)12(9-18-19)17-8-10-2-4-11(15)5-3-10/h2-5,9,17H,6-8H2,1H3. The molecule has 0 aliphatic rings. The predicted molar refractivity (Wildman–Crippen MR) is 86.9 cm³/mol. The molecule has 1 aromatic heterocycles. The van der Waals surface area contributed by atoms with Gasteiger partial charge in [-0.25, -0.2) is 4.68 Å². The van der Waals surface area contributed by atoms with Crippen LogP contribution in [0.2, 0.25) is 5.02 Å². The van der Waals surface area contributed by atoms with Crippen molar-refractivity contribution >= 4 is 33.2 Å². The third-order valence-electron chi connectivity index (χ3n) is 2.89. The van der Waals surface area contributed by atoms with E-state index in [1.54, 1.807) is 13.3 Å². The fourth-order valence-corrected chi connectivity index (χ4v) is 2.20. The summed E-state index contributed by atoms with van der Waals surface area (Å²) in [5, 5.41) is 7.33. The molecule has 0 fully saturated rings. The highest BCUT2D eigenvalue weighted by atomic mass is 79.9. The topological polar surface area (TPSA) is 56.1 Å². The molecule has 1 N–H and O–H groups in total. The van der Waals surface area contributed by atoms with Gasteiger partial charge in [0, 0.05) is 18.1 Å². The van der Waals surface area contributed by atoms with Gasteiger partial charge >= 0.3 is 0 Å². The number of hydrogen-bond donors (Lipinski definition) is 1. The molecule has 2 aromatic rings. The van der Waals surface area contributed by atoms with Crippen LogP contribution in [0, 0.1) is 0 Å². The molecule has 0 aliphatic carbocycles. The van der Waals surface area contributed by atoms with Crippen molar-refractivity contribution in [3.63, 3.8) is 0 Å². The van der Waals surface area contributed by atoms with Crippen molar-refractivity contribution in [2.45, 2.75) is 13.1 Å². The molecular formula is C14H15BrClN3O2. The van der Waals surface area contributed by atoms with Crippen LogP contribution in [0.4, 0.5) is 5.69 Å². The minimum absolute atomic E-state index is 0.137. The SMILES string of the molecule is COCCn1ncc(NCc2ccc(Br)cc2)c(Cl)c1=O. The van der Waals surface area contributed by atoms with Gasteiger partial charge in [0.25, 0.3) is 5.56 Å². The smallest absolute Gasteiger partial charge is 0.287 e. The fourth-order valence-electron chi connectivity index (χ4n) is 1.72. The minimum Gasteiger partial charge on any atom is -0.383 e. The Morgan fingerprint density at radius 3 is 2.76 bits per heavy atom. The maximum absolute atomic E-state index is 12.0. The van der Waals surface area contributed by atoms with E-state index in [0.717, 1.165) is 10.0 Å². The molecule has 5 nitrogen and oxygen atoms in total. The Morgan fingerprint density at radius 2 is 2.10 bits per heavy atom. The van der Waals surface area contributed by atoms with Crippen molar-refractivity contribution in [2.75, 3.05) is 19.0 Å². The zero-order valence-electron chi connectivity index (χ0n) is 11.5. The molecule has 112 valence electrons. The second-order valence-corrected chi connectivity index (χ2v) is 5.67. The van der Waals surface area contributed by atoms with Crippen molar-refractivity contribution in [1.29, 1.82) is 0 Å². The molecule has 0 amide bonds. The number of halogens is 2. The average molecular weight is 373 g/mol. The van der Waals surface area contributed by atoms with E-state index >= 15 is 0 Å². The first-order valence-corrected chi connectivity index (χ1v) is 7.52. The molecule has 1 heterocycles. The van der Waals surface area contributed by atoms with Gasteiger partial charge in [-0.15, -0.1) is 0 Å². The fraction of sp³-hybridized carbons (Fsp3) is 0.286. The number of aromatic nitrogens is 2. The Kier molecular flexibility index (Phi) is 5.78. The Balaban J connectivity index is 2.08. The van der Waals surface area contributed by atoms with Crippen molar-refractivity contribution in [2.24, 2.45) is 0 Å². The van der Waals surface area contributed by atoms with Gasteiger partial charge < -0.3 is 10.1 Å².